The number of rotatable bonds is 9. The minimum atomic E-state index is 0.0300. The fourth-order valence-corrected chi connectivity index (χ4v) is 3.88. The minimum absolute atomic E-state index is 0.0300. The first kappa shape index (κ1) is 23.2. The van der Waals surface area contributed by atoms with Crippen LogP contribution < -0.4 is 30.2 Å². The number of para-hydroxylation sites is 1. The van der Waals surface area contributed by atoms with Crippen molar-refractivity contribution in [2.45, 2.75) is 25.7 Å². The van der Waals surface area contributed by atoms with Crippen LogP contribution in [-0.4, -0.2) is 52.8 Å². The zero-order valence-electron chi connectivity index (χ0n) is 19.2. The van der Waals surface area contributed by atoms with E-state index in [2.05, 4.69) is 22.0 Å². The van der Waals surface area contributed by atoms with Crippen LogP contribution in [0.25, 0.3) is 0 Å². The van der Waals surface area contributed by atoms with Gasteiger partial charge in [-0.25, -0.2) is 0 Å². The van der Waals surface area contributed by atoms with Crippen LogP contribution in [-0.2, 0) is 11.2 Å². The summed E-state index contributed by atoms with van der Waals surface area (Å²) >= 11 is 0. The van der Waals surface area contributed by atoms with Gasteiger partial charge in [-0.05, 0) is 31.0 Å². The lowest BCUT2D eigenvalue weighted by atomic mass is 9.91. The van der Waals surface area contributed by atoms with Crippen LogP contribution in [0, 0.1) is 0 Å². The first-order valence-corrected chi connectivity index (χ1v) is 10.8. The van der Waals surface area contributed by atoms with Crippen molar-refractivity contribution in [3.05, 3.63) is 47.5 Å². The molecule has 0 saturated heterocycles. The number of methoxy groups -OCH3 is 3. The van der Waals surface area contributed by atoms with Crippen molar-refractivity contribution in [3.8, 4) is 17.2 Å². The van der Waals surface area contributed by atoms with E-state index in [-0.39, 0.29) is 11.8 Å². The second kappa shape index (κ2) is 11.3. The third-order valence-corrected chi connectivity index (χ3v) is 5.39. The Morgan fingerprint density at radius 3 is 2.56 bits per heavy atom. The van der Waals surface area contributed by atoms with Gasteiger partial charge in [0.25, 0.3) is 0 Å². The number of amides is 1. The van der Waals surface area contributed by atoms with Gasteiger partial charge in [0.15, 0.2) is 17.5 Å². The van der Waals surface area contributed by atoms with Crippen LogP contribution in [0.3, 0.4) is 0 Å². The predicted molar refractivity (Wildman–Crippen MR) is 126 cm³/mol. The van der Waals surface area contributed by atoms with E-state index in [9.17, 15) is 4.79 Å². The molecule has 1 aliphatic rings. The predicted octanol–water partition coefficient (Wildman–Crippen LogP) is 2.94. The van der Waals surface area contributed by atoms with Crippen molar-refractivity contribution in [2.75, 3.05) is 46.3 Å². The molecule has 1 heterocycles. The SMILES string of the molecule is CCNC(=NCC1CC(=O)Nc2ccccc21)NCCc1ccc(OC)c(OC)c1OC. The Morgan fingerprint density at radius 2 is 1.84 bits per heavy atom. The molecule has 0 saturated carbocycles. The average Bonchev–Trinajstić information content (AvgIpc) is 2.81. The minimum Gasteiger partial charge on any atom is -0.493 e. The lowest BCUT2D eigenvalue weighted by molar-refractivity contribution is -0.116. The summed E-state index contributed by atoms with van der Waals surface area (Å²) in [6.07, 6.45) is 1.14. The van der Waals surface area contributed by atoms with E-state index in [4.69, 9.17) is 19.2 Å². The Hall–Kier alpha value is -3.42. The normalized spacial score (nSPS) is 15.4. The van der Waals surface area contributed by atoms with E-state index >= 15 is 0 Å². The Kier molecular flexibility index (Phi) is 8.19. The first-order chi connectivity index (χ1) is 15.6. The molecule has 2 aromatic rings. The molecule has 1 unspecified atom stereocenters. The number of hydrogen-bond donors (Lipinski definition) is 3. The summed E-state index contributed by atoms with van der Waals surface area (Å²) < 4.78 is 16.4. The molecule has 3 N–H and O–H groups in total. The number of ether oxygens (including phenoxy) is 3. The summed E-state index contributed by atoms with van der Waals surface area (Å²) in [5, 5.41) is 9.58. The Balaban J connectivity index is 1.67. The van der Waals surface area contributed by atoms with Crippen LogP contribution in [0.4, 0.5) is 5.69 Å². The molecule has 0 radical (unpaired) electrons. The van der Waals surface area contributed by atoms with Gasteiger partial charge in [0.2, 0.25) is 11.7 Å². The van der Waals surface area contributed by atoms with E-state index in [0.717, 1.165) is 29.3 Å². The Bertz CT molecular complexity index is 961. The quantitative estimate of drug-likeness (QED) is 0.410. The number of nitrogens with one attached hydrogen (secondary N) is 3. The van der Waals surface area contributed by atoms with Crippen LogP contribution in [0.5, 0.6) is 17.2 Å². The maximum Gasteiger partial charge on any atom is 0.225 e. The average molecular weight is 441 g/mol. The third-order valence-electron chi connectivity index (χ3n) is 5.39. The molecule has 0 spiro atoms. The molecule has 1 amide bonds. The topological polar surface area (TPSA) is 93.2 Å². The van der Waals surface area contributed by atoms with Crippen molar-refractivity contribution in [1.82, 2.24) is 10.6 Å². The Labute approximate surface area is 189 Å². The highest BCUT2D eigenvalue weighted by Gasteiger charge is 2.24. The molecule has 8 heteroatoms. The molecule has 0 aromatic heterocycles. The van der Waals surface area contributed by atoms with Crippen molar-refractivity contribution in [3.63, 3.8) is 0 Å². The molecule has 8 nitrogen and oxygen atoms in total. The van der Waals surface area contributed by atoms with Gasteiger partial charge in [0, 0.05) is 36.7 Å². The molecule has 0 aliphatic carbocycles. The fraction of sp³-hybridized carbons (Fsp3) is 0.417. The van der Waals surface area contributed by atoms with Crippen molar-refractivity contribution < 1.29 is 19.0 Å². The van der Waals surface area contributed by atoms with Gasteiger partial charge >= 0.3 is 0 Å². The molecular weight excluding hydrogens is 408 g/mol. The van der Waals surface area contributed by atoms with Gasteiger partial charge < -0.3 is 30.2 Å². The van der Waals surface area contributed by atoms with Crippen LogP contribution in [0.15, 0.2) is 41.4 Å². The number of carbonyl (C=O) groups excluding carboxylic acids is 1. The van der Waals surface area contributed by atoms with Gasteiger partial charge in [-0.1, -0.05) is 24.3 Å². The van der Waals surface area contributed by atoms with E-state index in [1.165, 1.54) is 0 Å². The molecule has 0 fully saturated rings. The lowest BCUT2D eigenvalue weighted by Gasteiger charge is -2.24. The van der Waals surface area contributed by atoms with Gasteiger partial charge in [0.05, 0.1) is 27.9 Å². The standard InChI is InChI=1S/C24H32N4O4/c1-5-25-24(27-15-17-14-21(29)28-19-9-7-6-8-18(17)19)26-13-12-16-10-11-20(30-2)23(32-4)22(16)31-3/h6-11,17H,5,12-15H2,1-4H3,(H,28,29)(H2,25,26,27). The first-order valence-electron chi connectivity index (χ1n) is 10.8. The maximum atomic E-state index is 12.1. The third kappa shape index (κ3) is 5.43. The van der Waals surface area contributed by atoms with Crippen LogP contribution in [0.2, 0.25) is 0 Å². The number of guanidine groups is 1. The van der Waals surface area contributed by atoms with Crippen molar-refractivity contribution in [1.29, 1.82) is 0 Å². The second-order valence-corrected chi connectivity index (χ2v) is 7.43. The zero-order valence-corrected chi connectivity index (χ0v) is 19.2. The highest BCUT2D eigenvalue weighted by molar-refractivity contribution is 5.94. The molecular formula is C24H32N4O4. The number of fused-ring (bicyclic) bond motifs is 1. The maximum absolute atomic E-state index is 12.1. The lowest BCUT2D eigenvalue weighted by Crippen LogP contribution is -2.39. The molecule has 2 aromatic carbocycles. The number of benzene rings is 2. The number of nitrogens with zero attached hydrogens (tertiary/aromatic N) is 1. The van der Waals surface area contributed by atoms with Gasteiger partial charge in [-0.2, -0.15) is 0 Å². The fourth-order valence-electron chi connectivity index (χ4n) is 3.88. The van der Waals surface area contributed by atoms with E-state index in [1.54, 1.807) is 21.3 Å². The smallest absolute Gasteiger partial charge is 0.225 e. The zero-order chi connectivity index (χ0) is 22.9. The summed E-state index contributed by atoms with van der Waals surface area (Å²) in [6, 6.07) is 11.8. The summed E-state index contributed by atoms with van der Waals surface area (Å²) in [7, 11) is 4.83. The molecule has 3 rings (SSSR count). The summed E-state index contributed by atoms with van der Waals surface area (Å²) in [6.45, 7) is 3.95. The van der Waals surface area contributed by atoms with E-state index < -0.39 is 0 Å². The highest BCUT2D eigenvalue weighted by Crippen LogP contribution is 2.39. The largest absolute Gasteiger partial charge is 0.493 e. The Morgan fingerprint density at radius 1 is 1.06 bits per heavy atom. The van der Waals surface area contributed by atoms with E-state index in [0.29, 0.717) is 43.2 Å². The number of hydrogen-bond acceptors (Lipinski definition) is 5. The summed E-state index contributed by atoms with van der Waals surface area (Å²) in [5.74, 6) is 2.69. The number of aliphatic imine (C=N–C) groups is 1. The number of anilines is 1. The molecule has 1 aliphatic heterocycles. The summed E-state index contributed by atoms with van der Waals surface area (Å²) in [4.78, 5) is 16.8. The summed E-state index contributed by atoms with van der Waals surface area (Å²) in [5.41, 5.74) is 3.01. The monoisotopic (exact) mass is 440 g/mol. The van der Waals surface area contributed by atoms with Gasteiger partial charge in [-0.3, -0.25) is 9.79 Å². The van der Waals surface area contributed by atoms with E-state index in [1.807, 2.05) is 37.3 Å². The van der Waals surface area contributed by atoms with Crippen LogP contribution >= 0.6 is 0 Å². The van der Waals surface area contributed by atoms with Gasteiger partial charge in [-0.15, -0.1) is 0 Å². The molecule has 172 valence electrons. The van der Waals surface area contributed by atoms with Crippen molar-refractivity contribution in [2.24, 2.45) is 4.99 Å². The van der Waals surface area contributed by atoms with Crippen LogP contribution in [0.1, 0.15) is 30.4 Å². The molecule has 1 atom stereocenters. The molecule has 32 heavy (non-hydrogen) atoms. The second-order valence-electron chi connectivity index (χ2n) is 7.43. The van der Waals surface area contributed by atoms with Crippen molar-refractivity contribution >= 4 is 17.6 Å². The highest BCUT2D eigenvalue weighted by atomic mass is 16.5. The molecule has 0 bridgehead atoms. The number of carbonyl (C=O) groups is 1. The van der Waals surface area contributed by atoms with Gasteiger partial charge in [0.1, 0.15) is 0 Å².